The highest BCUT2D eigenvalue weighted by molar-refractivity contribution is 5.83. The van der Waals surface area contributed by atoms with Gasteiger partial charge in [0.2, 0.25) is 5.95 Å². The predicted molar refractivity (Wildman–Crippen MR) is 82.2 cm³/mol. The summed E-state index contributed by atoms with van der Waals surface area (Å²) in [5, 5.41) is 11.8. The molecule has 2 aromatic heterocycles. The van der Waals surface area contributed by atoms with E-state index in [4.69, 9.17) is 0 Å². The Bertz CT molecular complexity index is 759. The molecule has 0 amide bonds. The lowest BCUT2D eigenvalue weighted by Crippen LogP contribution is -2.44. The highest BCUT2D eigenvalue weighted by Gasteiger charge is 2.15. The van der Waals surface area contributed by atoms with Gasteiger partial charge >= 0.3 is 0 Å². The summed E-state index contributed by atoms with van der Waals surface area (Å²) in [5.74, 6) is 1.58. The number of rotatable bonds is 2. The Morgan fingerprint density at radius 1 is 1.10 bits per heavy atom. The van der Waals surface area contributed by atoms with Crippen LogP contribution in [0, 0.1) is 0 Å². The number of nitrogens with zero attached hydrogens (tertiary/aromatic N) is 4. The van der Waals surface area contributed by atoms with Crippen LogP contribution in [0.1, 0.15) is 0 Å². The van der Waals surface area contributed by atoms with Crippen molar-refractivity contribution in [2.24, 2.45) is 0 Å². The number of aromatic amines is 1. The van der Waals surface area contributed by atoms with E-state index in [1.54, 1.807) is 6.20 Å². The van der Waals surface area contributed by atoms with Crippen molar-refractivity contribution in [3.05, 3.63) is 36.5 Å². The molecule has 0 unspecified atom stereocenters. The number of anilines is 1. The first kappa shape index (κ1) is 12.3. The Morgan fingerprint density at radius 2 is 2.00 bits per heavy atom. The smallest absolute Gasteiger partial charge is 0.245 e. The van der Waals surface area contributed by atoms with E-state index in [0.29, 0.717) is 0 Å². The molecule has 0 saturated carbocycles. The van der Waals surface area contributed by atoms with E-state index in [1.807, 2.05) is 18.2 Å². The molecule has 2 N–H and O–H groups in total. The molecule has 6 nitrogen and oxygen atoms in total. The van der Waals surface area contributed by atoms with Crippen LogP contribution in [0.4, 0.5) is 5.95 Å². The van der Waals surface area contributed by atoms with Gasteiger partial charge in [-0.05, 0) is 24.3 Å². The zero-order chi connectivity index (χ0) is 14.1. The van der Waals surface area contributed by atoms with Crippen LogP contribution in [0.5, 0.6) is 0 Å². The van der Waals surface area contributed by atoms with Gasteiger partial charge in [0.1, 0.15) is 0 Å². The number of H-pyrrole nitrogens is 1. The molecule has 0 spiro atoms. The van der Waals surface area contributed by atoms with Gasteiger partial charge in [0.05, 0.1) is 5.52 Å². The van der Waals surface area contributed by atoms with E-state index < -0.39 is 0 Å². The number of piperazine rings is 1. The van der Waals surface area contributed by atoms with Crippen LogP contribution in [-0.2, 0) is 0 Å². The minimum absolute atomic E-state index is 0.776. The number of benzene rings is 1. The van der Waals surface area contributed by atoms with Crippen molar-refractivity contribution in [2.75, 3.05) is 31.1 Å². The number of hydrogen-bond donors (Lipinski definition) is 2. The molecular formula is C15H16N6. The molecule has 0 atom stereocenters. The van der Waals surface area contributed by atoms with Gasteiger partial charge in [-0.1, -0.05) is 6.07 Å². The Kier molecular flexibility index (Phi) is 3.01. The van der Waals surface area contributed by atoms with E-state index in [1.165, 1.54) is 0 Å². The summed E-state index contributed by atoms with van der Waals surface area (Å²) in [6, 6.07) is 10.1. The molecule has 1 aromatic carbocycles. The minimum atomic E-state index is 0.776. The van der Waals surface area contributed by atoms with Crippen molar-refractivity contribution < 1.29 is 0 Å². The van der Waals surface area contributed by atoms with Gasteiger partial charge in [-0.25, -0.2) is 0 Å². The Labute approximate surface area is 122 Å². The molecule has 1 aliphatic rings. The first-order valence-corrected chi connectivity index (χ1v) is 7.13. The zero-order valence-electron chi connectivity index (χ0n) is 11.6. The van der Waals surface area contributed by atoms with Crippen molar-refractivity contribution in [1.29, 1.82) is 0 Å². The Hall–Kier alpha value is -2.47. The molecule has 1 fully saturated rings. The molecule has 3 heterocycles. The number of aromatic nitrogens is 4. The van der Waals surface area contributed by atoms with E-state index in [-0.39, 0.29) is 0 Å². The van der Waals surface area contributed by atoms with Crippen molar-refractivity contribution in [2.45, 2.75) is 0 Å². The number of pyridine rings is 1. The average Bonchev–Trinajstić information content (AvgIpc) is 3.05. The third-order valence-corrected chi connectivity index (χ3v) is 3.75. The molecular weight excluding hydrogens is 264 g/mol. The molecule has 0 aliphatic carbocycles. The standard InChI is InChI=1S/C15H16N6/c1-2-11-10-12(3-4-13(11)17-5-1)14-18-15(20-19-14)21-8-6-16-7-9-21/h1-5,10,16H,6-9H2,(H,18,19,20). The third kappa shape index (κ3) is 2.34. The fourth-order valence-corrected chi connectivity index (χ4v) is 2.61. The largest absolute Gasteiger partial charge is 0.337 e. The summed E-state index contributed by atoms with van der Waals surface area (Å²) in [4.78, 5) is 11.1. The third-order valence-electron chi connectivity index (χ3n) is 3.75. The summed E-state index contributed by atoms with van der Waals surface area (Å²) >= 11 is 0. The van der Waals surface area contributed by atoms with Gasteiger partial charge in [-0.2, -0.15) is 4.98 Å². The van der Waals surface area contributed by atoms with Crippen LogP contribution in [0.25, 0.3) is 22.3 Å². The van der Waals surface area contributed by atoms with Gasteiger partial charge in [0.25, 0.3) is 0 Å². The van der Waals surface area contributed by atoms with E-state index in [0.717, 1.165) is 54.4 Å². The van der Waals surface area contributed by atoms with Gasteiger partial charge in [-0.3, -0.25) is 10.1 Å². The summed E-state index contributed by atoms with van der Waals surface area (Å²) in [5.41, 5.74) is 2.02. The fourth-order valence-electron chi connectivity index (χ4n) is 2.61. The molecule has 6 heteroatoms. The molecule has 106 valence electrons. The lowest BCUT2D eigenvalue weighted by Gasteiger charge is -2.25. The Balaban J connectivity index is 1.67. The fraction of sp³-hybridized carbons (Fsp3) is 0.267. The predicted octanol–water partition coefficient (Wildman–Crippen LogP) is 1.43. The highest BCUT2D eigenvalue weighted by Crippen LogP contribution is 2.22. The van der Waals surface area contributed by atoms with Crippen LogP contribution in [0.3, 0.4) is 0 Å². The maximum Gasteiger partial charge on any atom is 0.245 e. The number of hydrogen-bond acceptors (Lipinski definition) is 5. The van der Waals surface area contributed by atoms with E-state index in [2.05, 4.69) is 42.5 Å². The van der Waals surface area contributed by atoms with Crippen molar-refractivity contribution in [3.8, 4) is 11.4 Å². The van der Waals surface area contributed by atoms with E-state index >= 15 is 0 Å². The Morgan fingerprint density at radius 3 is 2.90 bits per heavy atom. The summed E-state index contributed by atoms with van der Waals surface area (Å²) in [7, 11) is 0. The molecule has 3 aromatic rings. The first-order chi connectivity index (χ1) is 10.4. The average molecular weight is 280 g/mol. The molecule has 21 heavy (non-hydrogen) atoms. The van der Waals surface area contributed by atoms with Gasteiger partial charge in [-0.15, -0.1) is 5.10 Å². The van der Waals surface area contributed by atoms with Crippen LogP contribution in [0.2, 0.25) is 0 Å². The molecule has 0 radical (unpaired) electrons. The van der Waals surface area contributed by atoms with Gasteiger partial charge < -0.3 is 10.2 Å². The van der Waals surface area contributed by atoms with Crippen LogP contribution in [0.15, 0.2) is 36.5 Å². The molecule has 1 aliphatic heterocycles. The zero-order valence-corrected chi connectivity index (χ0v) is 11.6. The van der Waals surface area contributed by atoms with Crippen LogP contribution >= 0.6 is 0 Å². The highest BCUT2D eigenvalue weighted by atomic mass is 15.4. The molecule has 0 bridgehead atoms. The van der Waals surface area contributed by atoms with Crippen molar-refractivity contribution in [3.63, 3.8) is 0 Å². The quantitative estimate of drug-likeness (QED) is 0.743. The SMILES string of the molecule is c1cnc2ccc(-c3nc(N4CCNCC4)n[nH]3)cc2c1. The number of fused-ring (bicyclic) bond motifs is 1. The van der Waals surface area contributed by atoms with Gasteiger partial charge in [0, 0.05) is 43.3 Å². The summed E-state index contributed by atoms with van der Waals surface area (Å²) < 4.78 is 0. The minimum Gasteiger partial charge on any atom is -0.337 e. The number of nitrogens with one attached hydrogen (secondary N) is 2. The lowest BCUT2D eigenvalue weighted by molar-refractivity contribution is 0.580. The normalized spacial score (nSPS) is 15.5. The lowest BCUT2D eigenvalue weighted by atomic mass is 10.1. The second-order valence-electron chi connectivity index (χ2n) is 5.13. The van der Waals surface area contributed by atoms with Gasteiger partial charge in [0.15, 0.2) is 5.82 Å². The van der Waals surface area contributed by atoms with Crippen molar-refractivity contribution >= 4 is 16.9 Å². The van der Waals surface area contributed by atoms with Crippen LogP contribution in [-0.4, -0.2) is 46.3 Å². The topological polar surface area (TPSA) is 69.7 Å². The summed E-state index contributed by atoms with van der Waals surface area (Å²) in [6.07, 6.45) is 1.80. The molecule has 1 saturated heterocycles. The second kappa shape index (κ2) is 5.14. The van der Waals surface area contributed by atoms with Crippen molar-refractivity contribution in [1.82, 2.24) is 25.5 Å². The summed E-state index contributed by atoms with van der Waals surface area (Å²) in [6.45, 7) is 3.84. The first-order valence-electron chi connectivity index (χ1n) is 7.13. The maximum absolute atomic E-state index is 4.62. The second-order valence-corrected chi connectivity index (χ2v) is 5.13. The maximum atomic E-state index is 4.62. The molecule has 4 rings (SSSR count). The monoisotopic (exact) mass is 280 g/mol. The van der Waals surface area contributed by atoms with E-state index in [9.17, 15) is 0 Å². The van der Waals surface area contributed by atoms with Crippen LogP contribution < -0.4 is 10.2 Å².